The number of nitrogens with zero attached hydrogens (tertiary/aromatic N) is 3. The van der Waals surface area contributed by atoms with E-state index in [1.165, 1.54) is 5.56 Å². The van der Waals surface area contributed by atoms with Crippen molar-refractivity contribution in [3.8, 4) is 5.88 Å². The van der Waals surface area contributed by atoms with Crippen molar-refractivity contribution >= 4 is 23.2 Å². The van der Waals surface area contributed by atoms with Crippen molar-refractivity contribution in [3.63, 3.8) is 0 Å². The smallest absolute Gasteiger partial charge is 0.254 e. The van der Waals surface area contributed by atoms with Crippen LogP contribution in [0.25, 0.3) is 0 Å². The minimum atomic E-state index is 0.0193. The molecule has 132 valence electrons. The molecule has 1 fully saturated rings. The molecule has 2 heterocycles. The molecule has 1 aliphatic rings. The summed E-state index contributed by atoms with van der Waals surface area (Å²) in [5.74, 6) is 0.507. The van der Waals surface area contributed by atoms with Crippen LogP contribution in [0.3, 0.4) is 0 Å². The molecule has 6 heteroatoms. The number of ether oxygens (including phenoxy) is 1. The van der Waals surface area contributed by atoms with Crippen LogP contribution in [0.5, 0.6) is 5.88 Å². The first-order chi connectivity index (χ1) is 12.1. The third-order valence-corrected chi connectivity index (χ3v) is 4.59. The van der Waals surface area contributed by atoms with Crippen molar-refractivity contribution < 1.29 is 9.53 Å². The summed E-state index contributed by atoms with van der Waals surface area (Å²) in [6, 6.07) is 9.37. The first kappa shape index (κ1) is 17.5. The monoisotopic (exact) mass is 359 g/mol. The van der Waals surface area contributed by atoms with Gasteiger partial charge in [-0.1, -0.05) is 17.7 Å². The minimum absolute atomic E-state index is 0.0193. The Morgan fingerprint density at radius 3 is 2.68 bits per heavy atom. The number of piperazine rings is 1. The van der Waals surface area contributed by atoms with E-state index in [4.69, 9.17) is 16.3 Å². The summed E-state index contributed by atoms with van der Waals surface area (Å²) in [4.78, 5) is 21.0. The lowest BCUT2D eigenvalue weighted by molar-refractivity contribution is 0.0746. The van der Waals surface area contributed by atoms with E-state index in [1.807, 2.05) is 30.0 Å². The topological polar surface area (TPSA) is 45.7 Å². The Kier molecular flexibility index (Phi) is 5.43. The molecule has 2 aromatic rings. The van der Waals surface area contributed by atoms with Gasteiger partial charge in [0.05, 0.1) is 6.61 Å². The molecular formula is C19H22ClN3O2. The second-order valence-electron chi connectivity index (χ2n) is 6.03. The van der Waals surface area contributed by atoms with Crippen LogP contribution in [0.4, 0.5) is 5.69 Å². The molecule has 25 heavy (non-hydrogen) atoms. The molecule has 0 aliphatic carbocycles. The van der Waals surface area contributed by atoms with Crippen LogP contribution in [-0.2, 0) is 0 Å². The standard InChI is InChI=1S/C19H22ClN3O2/c1-3-25-18-12-15(6-7-21-18)19(24)23-10-8-22(9-11-23)17-13-16(20)5-4-14(17)2/h4-7,12-13H,3,8-11H2,1-2H3. The molecule has 1 aromatic carbocycles. The van der Waals surface area contributed by atoms with Gasteiger partial charge in [0.2, 0.25) is 5.88 Å². The Bertz CT molecular complexity index is 758. The normalized spacial score (nSPS) is 14.5. The van der Waals surface area contributed by atoms with Crippen molar-refractivity contribution in [3.05, 3.63) is 52.7 Å². The van der Waals surface area contributed by atoms with E-state index >= 15 is 0 Å². The van der Waals surface area contributed by atoms with Crippen LogP contribution in [0.2, 0.25) is 5.02 Å². The first-order valence-electron chi connectivity index (χ1n) is 8.47. The SMILES string of the molecule is CCOc1cc(C(=O)N2CCN(c3cc(Cl)ccc3C)CC2)ccn1. The molecule has 3 rings (SSSR count). The van der Waals surface area contributed by atoms with Gasteiger partial charge in [0.1, 0.15) is 0 Å². The molecule has 0 atom stereocenters. The number of rotatable bonds is 4. The van der Waals surface area contributed by atoms with E-state index in [2.05, 4.69) is 16.8 Å². The summed E-state index contributed by atoms with van der Waals surface area (Å²) < 4.78 is 5.38. The highest BCUT2D eigenvalue weighted by atomic mass is 35.5. The van der Waals surface area contributed by atoms with Crippen LogP contribution in [-0.4, -0.2) is 48.6 Å². The Hall–Kier alpha value is -2.27. The van der Waals surface area contributed by atoms with Gasteiger partial charge in [0.25, 0.3) is 5.91 Å². The molecule has 1 aliphatic heterocycles. The molecule has 1 aromatic heterocycles. The van der Waals surface area contributed by atoms with Gasteiger partial charge in [-0.15, -0.1) is 0 Å². The summed E-state index contributed by atoms with van der Waals surface area (Å²) in [6.07, 6.45) is 1.61. The molecule has 1 saturated heterocycles. The quantitative estimate of drug-likeness (QED) is 0.839. The fourth-order valence-electron chi connectivity index (χ4n) is 3.03. The predicted octanol–water partition coefficient (Wildman–Crippen LogP) is 3.40. The van der Waals surface area contributed by atoms with Gasteiger partial charge in [0, 0.05) is 54.7 Å². The van der Waals surface area contributed by atoms with Crippen LogP contribution < -0.4 is 9.64 Å². The third-order valence-electron chi connectivity index (χ3n) is 4.35. The van der Waals surface area contributed by atoms with Crippen molar-refractivity contribution in [1.29, 1.82) is 0 Å². The van der Waals surface area contributed by atoms with E-state index < -0.39 is 0 Å². The lowest BCUT2D eigenvalue weighted by atomic mass is 10.1. The second kappa shape index (κ2) is 7.74. The van der Waals surface area contributed by atoms with Crippen molar-refractivity contribution in [2.45, 2.75) is 13.8 Å². The molecule has 5 nitrogen and oxygen atoms in total. The molecule has 0 bridgehead atoms. The number of aromatic nitrogens is 1. The number of benzene rings is 1. The summed E-state index contributed by atoms with van der Waals surface area (Å²) in [5.41, 5.74) is 2.95. The van der Waals surface area contributed by atoms with Crippen molar-refractivity contribution in [1.82, 2.24) is 9.88 Å². The maximum atomic E-state index is 12.7. The fraction of sp³-hybridized carbons (Fsp3) is 0.368. The van der Waals surface area contributed by atoms with E-state index in [9.17, 15) is 4.79 Å². The Labute approximate surface area is 153 Å². The van der Waals surface area contributed by atoms with Crippen LogP contribution in [0, 0.1) is 6.92 Å². The highest BCUT2D eigenvalue weighted by Crippen LogP contribution is 2.25. The Morgan fingerprint density at radius 2 is 1.96 bits per heavy atom. The number of pyridine rings is 1. The largest absolute Gasteiger partial charge is 0.478 e. The predicted molar refractivity (Wildman–Crippen MR) is 99.7 cm³/mol. The number of carbonyl (C=O) groups excluding carboxylic acids is 1. The zero-order chi connectivity index (χ0) is 17.8. The summed E-state index contributed by atoms with van der Waals surface area (Å²) in [6.45, 7) is 7.44. The molecular weight excluding hydrogens is 338 g/mol. The van der Waals surface area contributed by atoms with Gasteiger partial charge in [-0.05, 0) is 37.6 Å². The molecule has 0 radical (unpaired) electrons. The maximum Gasteiger partial charge on any atom is 0.254 e. The average molecular weight is 360 g/mol. The number of carbonyl (C=O) groups is 1. The summed E-state index contributed by atoms with van der Waals surface area (Å²) >= 11 is 6.13. The van der Waals surface area contributed by atoms with Gasteiger partial charge in [-0.2, -0.15) is 0 Å². The number of hydrogen-bond donors (Lipinski definition) is 0. The zero-order valence-corrected chi connectivity index (χ0v) is 15.3. The first-order valence-corrected chi connectivity index (χ1v) is 8.85. The van der Waals surface area contributed by atoms with Crippen LogP contribution in [0.15, 0.2) is 36.5 Å². The van der Waals surface area contributed by atoms with Gasteiger partial charge < -0.3 is 14.5 Å². The zero-order valence-electron chi connectivity index (χ0n) is 14.5. The lowest BCUT2D eigenvalue weighted by Crippen LogP contribution is -2.49. The van der Waals surface area contributed by atoms with E-state index in [0.717, 1.165) is 23.8 Å². The van der Waals surface area contributed by atoms with E-state index in [1.54, 1.807) is 18.3 Å². The second-order valence-corrected chi connectivity index (χ2v) is 6.46. The number of halogens is 1. The summed E-state index contributed by atoms with van der Waals surface area (Å²) in [5, 5.41) is 0.736. The van der Waals surface area contributed by atoms with E-state index in [0.29, 0.717) is 31.1 Å². The molecule has 0 N–H and O–H groups in total. The van der Waals surface area contributed by atoms with Gasteiger partial charge in [-0.25, -0.2) is 4.98 Å². The Balaban J connectivity index is 1.66. The maximum absolute atomic E-state index is 12.7. The van der Waals surface area contributed by atoms with E-state index in [-0.39, 0.29) is 5.91 Å². The fourth-order valence-corrected chi connectivity index (χ4v) is 3.19. The number of amides is 1. The number of hydrogen-bond acceptors (Lipinski definition) is 4. The minimum Gasteiger partial charge on any atom is -0.478 e. The highest BCUT2D eigenvalue weighted by Gasteiger charge is 2.23. The molecule has 0 spiro atoms. The van der Waals surface area contributed by atoms with Crippen LogP contribution in [0.1, 0.15) is 22.8 Å². The van der Waals surface area contributed by atoms with Crippen LogP contribution >= 0.6 is 11.6 Å². The molecule has 0 unspecified atom stereocenters. The van der Waals surface area contributed by atoms with Crippen molar-refractivity contribution in [2.24, 2.45) is 0 Å². The number of anilines is 1. The summed E-state index contributed by atoms with van der Waals surface area (Å²) in [7, 11) is 0. The molecule has 0 saturated carbocycles. The highest BCUT2D eigenvalue weighted by molar-refractivity contribution is 6.30. The lowest BCUT2D eigenvalue weighted by Gasteiger charge is -2.37. The van der Waals surface area contributed by atoms with Crippen molar-refractivity contribution in [2.75, 3.05) is 37.7 Å². The van der Waals surface area contributed by atoms with Gasteiger partial charge in [-0.3, -0.25) is 4.79 Å². The van der Waals surface area contributed by atoms with Gasteiger partial charge >= 0.3 is 0 Å². The third kappa shape index (κ3) is 4.04. The average Bonchev–Trinajstić information content (AvgIpc) is 2.64. The van der Waals surface area contributed by atoms with Gasteiger partial charge in [0.15, 0.2) is 0 Å². The Morgan fingerprint density at radius 1 is 1.20 bits per heavy atom. The number of aryl methyl sites for hydroxylation is 1. The molecule has 1 amide bonds.